The molecular weight excluding hydrogens is 248 g/mol. The summed E-state index contributed by atoms with van der Waals surface area (Å²) in [5.41, 5.74) is 1.87. The number of carbonyl (C=O) groups is 2. The molecule has 0 radical (unpaired) electrons. The van der Waals surface area contributed by atoms with Gasteiger partial charge in [0.2, 0.25) is 5.91 Å². The van der Waals surface area contributed by atoms with Crippen molar-refractivity contribution in [2.75, 3.05) is 18.1 Å². The van der Waals surface area contributed by atoms with Gasteiger partial charge in [-0.05, 0) is 31.7 Å². The fourth-order valence-corrected chi connectivity index (χ4v) is 2.78. The molecule has 1 amide bonds. The summed E-state index contributed by atoms with van der Waals surface area (Å²) in [6, 6.07) is 5.95. The summed E-state index contributed by atoms with van der Waals surface area (Å²) >= 11 is 1.54. The SMILES string of the molecule is CNC(CC(C)=O)c1ccc2c(c1)NC(=O)CS2. The number of Topliss-reactive ketones (excluding diaryl/α,β-unsaturated/α-hetero) is 1. The summed E-state index contributed by atoms with van der Waals surface area (Å²) in [6.45, 7) is 1.58. The average molecular weight is 264 g/mol. The van der Waals surface area contributed by atoms with Gasteiger partial charge in [0.05, 0.1) is 11.4 Å². The number of fused-ring (bicyclic) bond motifs is 1. The maximum atomic E-state index is 11.4. The van der Waals surface area contributed by atoms with Crippen molar-refractivity contribution in [2.24, 2.45) is 0 Å². The summed E-state index contributed by atoms with van der Waals surface area (Å²) < 4.78 is 0. The van der Waals surface area contributed by atoms with Gasteiger partial charge in [0.1, 0.15) is 5.78 Å². The molecule has 0 spiro atoms. The van der Waals surface area contributed by atoms with Crippen LogP contribution < -0.4 is 10.6 Å². The maximum Gasteiger partial charge on any atom is 0.234 e. The summed E-state index contributed by atoms with van der Waals surface area (Å²) in [4.78, 5) is 23.6. The third-order valence-corrected chi connectivity index (χ3v) is 3.95. The van der Waals surface area contributed by atoms with E-state index in [0.717, 1.165) is 16.1 Å². The van der Waals surface area contributed by atoms with Crippen LogP contribution in [-0.4, -0.2) is 24.5 Å². The van der Waals surface area contributed by atoms with E-state index in [0.29, 0.717) is 12.2 Å². The number of thioether (sulfide) groups is 1. The highest BCUT2D eigenvalue weighted by molar-refractivity contribution is 8.00. The number of nitrogens with one attached hydrogen (secondary N) is 2. The maximum absolute atomic E-state index is 11.4. The number of benzene rings is 1. The van der Waals surface area contributed by atoms with Crippen LogP contribution in [0.1, 0.15) is 24.9 Å². The lowest BCUT2D eigenvalue weighted by Crippen LogP contribution is -2.21. The van der Waals surface area contributed by atoms with Crippen molar-refractivity contribution in [1.29, 1.82) is 0 Å². The first-order valence-corrected chi connectivity index (χ1v) is 6.82. The number of hydrogen-bond donors (Lipinski definition) is 2. The van der Waals surface area contributed by atoms with Crippen molar-refractivity contribution in [3.05, 3.63) is 23.8 Å². The Bertz CT molecular complexity index is 488. The summed E-state index contributed by atoms with van der Waals surface area (Å²) in [6.07, 6.45) is 0.455. The number of amides is 1. The molecule has 0 aliphatic carbocycles. The molecule has 0 bridgehead atoms. The molecule has 4 nitrogen and oxygen atoms in total. The van der Waals surface area contributed by atoms with Gasteiger partial charge in [0, 0.05) is 17.4 Å². The standard InChI is InChI=1S/C13H16N2O2S/c1-8(16)5-10(14-2)9-3-4-12-11(6-9)15-13(17)7-18-12/h3-4,6,10,14H,5,7H2,1-2H3,(H,15,17). The van der Waals surface area contributed by atoms with Gasteiger partial charge in [0.15, 0.2) is 0 Å². The zero-order valence-corrected chi connectivity index (χ0v) is 11.3. The molecular formula is C13H16N2O2S. The number of anilines is 1. The second-order valence-electron chi connectivity index (χ2n) is 4.34. The molecule has 18 heavy (non-hydrogen) atoms. The van der Waals surface area contributed by atoms with Crippen LogP contribution in [0.25, 0.3) is 0 Å². The van der Waals surface area contributed by atoms with Crippen molar-refractivity contribution in [1.82, 2.24) is 5.32 Å². The zero-order valence-electron chi connectivity index (χ0n) is 10.4. The molecule has 0 aromatic heterocycles. The Hall–Kier alpha value is -1.33. The second-order valence-corrected chi connectivity index (χ2v) is 5.36. The topological polar surface area (TPSA) is 58.2 Å². The molecule has 5 heteroatoms. The number of rotatable bonds is 4. The van der Waals surface area contributed by atoms with Gasteiger partial charge in [-0.15, -0.1) is 11.8 Å². The molecule has 1 aliphatic rings. The van der Waals surface area contributed by atoms with Gasteiger partial charge in [-0.2, -0.15) is 0 Å². The molecule has 2 rings (SSSR count). The van der Waals surface area contributed by atoms with Crippen molar-refractivity contribution < 1.29 is 9.59 Å². The van der Waals surface area contributed by atoms with Crippen LogP contribution in [0.5, 0.6) is 0 Å². The van der Waals surface area contributed by atoms with E-state index >= 15 is 0 Å². The first-order valence-electron chi connectivity index (χ1n) is 5.83. The van der Waals surface area contributed by atoms with Gasteiger partial charge in [-0.1, -0.05) is 6.07 Å². The third kappa shape index (κ3) is 2.91. The molecule has 0 saturated carbocycles. The largest absolute Gasteiger partial charge is 0.324 e. The van der Waals surface area contributed by atoms with E-state index in [9.17, 15) is 9.59 Å². The molecule has 1 unspecified atom stereocenters. The average Bonchev–Trinajstić information content (AvgIpc) is 2.34. The molecule has 1 aromatic rings. The normalized spacial score (nSPS) is 15.8. The molecule has 0 fully saturated rings. The van der Waals surface area contributed by atoms with Crippen LogP contribution in [0.3, 0.4) is 0 Å². The van der Waals surface area contributed by atoms with Crippen molar-refractivity contribution in [3.63, 3.8) is 0 Å². The van der Waals surface area contributed by atoms with E-state index < -0.39 is 0 Å². The fraction of sp³-hybridized carbons (Fsp3) is 0.385. The number of hydrogen-bond acceptors (Lipinski definition) is 4. The van der Waals surface area contributed by atoms with Gasteiger partial charge < -0.3 is 10.6 Å². The first-order chi connectivity index (χ1) is 8.60. The lowest BCUT2D eigenvalue weighted by molar-refractivity contribution is -0.117. The van der Waals surface area contributed by atoms with E-state index in [1.54, 1.807) is 6.92 Å². The zero-order chi connectivity index (χ0) is 13.1. The number of carbonyl (C=O) groups excluding carboxylic acids is 2. The Morgan fingerprint density at radius 2 is 2.33 bits per heavy atom. The molecule has 96 valence electrons. The minimum atomic E-state index is -0.00312. The lowest BCUT2D eigenvalue weighted by atomic mass is 10.0. The molecule has 2 N–H and O–H groups in total. The fourth-order valence-electron chi connectivity index (χ4n) is 1.99. The van der Waals surface area contributed by atoms with Gasteiger partial charge in [-0.25, -0.2) is 0 Å². The van der Waals surface area contributed by atoms with Crippen LogP contribution in [0.15, 0.2) is 23.1 Å². The summed E-state index contributed by atoms with van der Waals surface area (Å²) in [5.74, 6) is 0.637. The molecule has 0 saturated heterocycles. The van der Waals surface area contributed by atoms with E-state index in [1.165, 1.54) is 11.8 Å². The highest BCUT2D eigenvalue weighted by atomic mass is 32.2. The molecule has 1 atom stereocenters. The quantitative estimate of drug-likeness (QED) is 0.873. The molecule has 1 aromatic carbocycles. The molecule has 1 aliphatic heterocycles. The highest BCUT2D eigenvalue weighted by Crippen LogP contribution is 2.33. The third-order valence-electron chi connectivity index (χ3n) is 2.88. The molecule has 1 heterocycles. The Morgan fingerprint density at radius 3 is 3.00 bits per heavy atom. The Labute approximate surface area is 111 Å². The van der Waals surface area contributed by atoms with E-state index in [-0.39, 0.29) is 17.7 Å². The van der Waals surface area contributed by atoms with Crippen LogP contribution in [0.2, 0.25) is 0 Å². The van der Waals surface area contributed by atoms with Crippen molar-refractivity contribution in [2.45, 2.75) is 24.3 Å². The lowest BCUT2D eigenvalue weighted by Gasteiger charge is -2.20. The van der Waals surface area contributed by atoms with Gasteiger partial charge >= 0.3 is 0 Å². The van der Waals surface area contributed by atoms with Crippen LogP contribution >= 0.6 is 11.8 Å². The van der Waals surface area contributed by atoms with Gasteiger partial charge in [-0.3, -0.25) is 9.59 Å². The Kier molecular flexibility index (Phi) is 4.04. The Balaban J connectivity index is 2.26. The smallest absolute Gasteiger partial charge is 0.234 e. The second kappa shape index (κ2) is 5.54. The van der Waals surface area contributed by atoms with Crippen molar-refractivity contribution >= 4 is 29.1 Å². The van der Waals surface area contributed by atoms with Crippen LogP contribution in [-0.2, 0) is 9.59 Å². The minimum absolute atomic E-state index is 0.00312. The minimum Gasteiger partial charge on any atom is -0.324 e. The van der Waals surface area contributed by atoms with Gasteiger partial charge in [0.25, 0.3) is 0 Å². The predicted octanol–water partition coefficient (Wildman–Crippen LogP) is 1.97. The van der Waals surface area contributed by atoms with Crippen LogP contribution in [0, 0.1) is 0 Å². The highest BCUT2D eigenvalue weighted by Gasteiger charge is 2.18. The van der Waals surface area contributed by atoms with E-state index in [4.69, 9.17) is 0 Å². The van der Waals surface area contributed by atoms with E-state index in [1.807, 2.05) is 25.2 Å². The first kappa shape index (κ1) is 13.1. The monoisotopic (exact) mass is 264 g/mol. The number of ketones is 1. The van der Waals surface area contributed by atoms with E-state index in [2.05, 4.69) is 10.6 Å². The van der Waals surface area contributed by atoms with Crippen molar-refractivity contribution in [3.8, 4) is 0 Å². The van der Waals surface area contributed by atoms with Crippen LogP contribution in [0.4, 0.5) is 5.69 Å². The predicted molar refractivity (Wildman–Crippen MR) is 72.9 cm³/mol. The Morgan fingerprint density at radius 1 is 1.56 bits per heavy atom. The summed E-state index contributed by atoms with van der Waals surface area (Å²) in [7, 11) is 1.83. The summed E-state index contributed by atoms with van der Waals surface area (Å²) in [5, 5.41) is 5.99.